The molecule has 5 nitrogen and oxygen atoms in total. The first kappa shape index (κ1) is 15.4. The van der Waals surface area contributed by atoms with Crippen LogP contribution in [0.15, 0.2) is 21.5 Å². The summed E-state index contributed by atoms with van der Waals surface area (Å²) >= 11 is 2.92. The van der Waals surface area contributed by atoms with Crippen molar-refractivity contribution in [1.82, 2.24) is 4.72 Å². The van der Waals surface area contributed by atoms with Gasteiger partial charge in [0.15, 0.2) is 0 Å². The lowest BCUT2D eigenvalue weighted by Gasteiger charge is -2.14. The Kier molecular flexibility index (Phi) is 5.09. The fourth-order valence-electron chi connectivity index (χ4n) is 1.39. The summed E-state index contributed by atoms with van der Waals surface area (Å²) in [7, 11) is -2.34. The van der Waals surface area contributed by atoms with E-state index < -0.39 is 21.9 Å². The number of hydrogen-bond acceptors (Lipinski definition) is 4. The van der Waals surface area contributed by atoms with Crippen LogP contribution < -0.4 is 10.5 Å². The van der Waals surface area contributed by atoms with E-state index in [1.165, 1.54) is 7.11 Å². The molecular formula is C10H14BrFN2O3S. The lowest BCUT2D eigenvalue weighted by molar-refractivity contribution is 0.180. The van der Waals surface area contributed by atoms with Gasteiger partial charge in [0, 0.05) is 13.2 Å². The summed E-state index contributed by atoms with van der Waals surface area (Å²) < 4.78 is 44.4. The molecule has 0 heterocycles. The number of halogens is 2. The predicted molar refractivity (Wildman–Crippen MR) is 70.2 cm³/mol. The van der Waals surface area contributed by atoms with Crippen LogP contribution in [0.25, 0.3) is 0 Å². The van der Waals surface area contributed by atoms with Crippen molar-refractivity contribution in [3.05, 3.63) is 22.4 Å². The van der Waals surface area contributed by atoms with Crippen molar-refractivity contribution < 1.29 is 17.5 Å². The molecule has 0 bridgehead atoms. The van der Waals surface area contributed by atoms with E-state index in [2.05, 4.69) is 20.7 Å². The maximum absolute atomic E-state index is 13.2. The zero-order valence-electron chi connectivity index (χ0n) is 9.91. The topological polar surface area (TPSA) is 81.4 Å². The average Bonchev–Trinajstić information content (AvgIpc) is 2.22. The molecule has 3 N–H and O–H groups in total. The van der Waals surface area contributed by atoms with E-state index in [0.717, 1.165) is 12.1 Å². The Morgan fingerprint density at radius 3 is 2.72 bits per heavy atom. The van der Waals surface area contributed by atoms with Crippen LogP contribution in [0, 0.1) is 5.82 Å². The second-order valence-electron chi connectivity index (χ2n) is 3.78. The van der Waals surface area contributed by atoms with Gasteiger partial charge in [-0.2, -0.15) is 0 Å². The van der Waals surface area contributed by atoms with Gasteiger partial charge in [0.2, 0.25) is 10.0 Å². The lowest BCUT2D eigenvalue weighted by atomic mass is 10.3. The minimum Gasteiger partial charge on any atom is -0.398 e. The number of ether oxygens (including phenoxy) is 1. The average molecular weight is 341 g/mol. The zero-order valence-corrected chi connectivity index (χ0v) is 12.3. The minimum atomic E-state index is -3.80. The molecule has 0 fully saturated rings. The van der Waals surface area contributed by atoms with Crippen LogP contribution >= 0.6 is 15.9 Å². The Bertz CT molecular complexity index is 536. The maximum Gasteiger partial charge on any atom is 0.242 e. The van der Waals surface area contributed by atoms with E-state index in [1.807, 2.05) is 0 Å². The summed E-state index contributed by atoms with van der Waals surface area (Å²) in [5, 5.41) is 0. The molecule has 0 amide bonds. The van der Waals surface area contributed by atoms with Crippen molar-refractivity contribution >= 4 is 31.6 Å². The fourth-order valence-corrected chi connectivity index (χ4v) is 3.25. The molecule has 1 atom stereocenters. The summed E-state index contributed by atoms with van der Waals surface area (Å²) in [6.45, 7) is 1.87. The number of nitrogen functional groups attached to an aromatic ring is 1. The second kappa shape index (κ2) is 5.96. The van der Waals surface area contributed by atoms with Gasteiger partial charge in [-0.3, -0.25) is 0 Å². The van der Waals surface area contributed by atoms with Crippen molar-refractivity contribution in [3.63, 3.8) is 0 Å². The summed E-state index contributed by atoms with van der Waals surface area (Å²) in [5.74, 6) is -0.614. The molecule has 0 aliphatic rings. The number of nitrogens with one attached hydrogen (secondary N) is 1. The highest BCUT2D eigenvalue weighted by atomic mass is 79.9. The molecule has 0 saturated carbocycles. The Balaban J connectivity index is 3.09. The first-order valence-corrected chi connectivity index (χ1v) is 7.31. The van der Waals surface area contributed by atoms with Crippen LogP contribution in [0.2, 0.25) is 0 Å². The zero-order chi connectivity index (χ0) is 13.9. The highest BCUT2D eigenvalue weighted by Gasteiger charge is 2.21. The van der Waals surface area contributed by atoms with Gasteiger partial charge in [-0.05, 0) is 35.0 Å². The largest absolute Gasteiger partial charge is 0.398 e. The van der Waals surface area contributed by atoms with E-state index in [9.17, 15) is 12.8 Å². The summed E-state index contributed by atoms with van der Waals surface area (Å²) in [6.07, 6.45) is 0. The molecule has 0 aromatic heterocycles. The van der Waals surface area contributed by atoms with Gasteiger partial charge in [0.25, 0.3) is 0 Å². The SMILES string of the molecule is COCC(C)NS(=O)(=O)c1cc(Br)c(F)cc1N. The lowest BCUT2D eigenvalue weighted by Crippen LogP contribution is -2.36. The molecule has 8 heteroatoms. The van der Waals surface area contributed by atoms with Gasteiger partial charge in [-0.15, -0.1) is 0 Å². The normalized spacial score (nSPS) is 13.6. The van der Waals surface area contributed by atoms with Crippen molar-refractivity contribution in [2.45, 2.75) is 17.9 Å². The van der Waals surface area contributed by atoms with Gasteiger partial charge in [-0.25, -0.2) is 17.5 Å². The van der Waals surface area contributed by atoms with Gasteiger partial charge in [0.05, 0.1) is 16.8 Å². The highest BCUT2D eigenvalue weighted by Crippen LogP contribution is 2.26. The monoisotopic (exact) mass is 340 g/mol. The van der Waals surface area contributed by atoms with Crippen LogP contribution in [-0.4, -0.2) is 28.2 Å². The third-order valence-electron chi connectivity index (χ3n) is 2.12. The summed E-state index contributed by atoms with van der Waals surface area (Å²) in [4.78, 5) is -0.168. The number of nitrogens with two attached hydrogens (primary N) is 1. The molecule has 1 aromatic rings. The Morgan fingerprint density at radius 2 is 2.17 bits per heavy atom. The van der Waals surface area contributed by atoms with Gasteiger partial charge in [0.1, 0.15) is 10.7 Å². The number of anilines is 1. The van der Waals surface area contributed by atoms with Crippen molar-refractivity contribution in [2.24, 2.45) is 0 Å². The van der Waals surface area contributed by atoms with Crippen molar-refractivity contribution in [3.8, 4) is 0 Å². The molecule has 1 unspecified atom stereocenters. The third-order valence-corrected chi connectivity index (χ3v) is 4.37. The van der Waals surface area contributed by atoms with E-state index >= 15 is 0 Å². The molecule has 0 spiro atoms. The van der Waals surface area contributed by atoms with Gasteiger partial charge in [-0.1, -0.05) is 0 Å². The number of sulfonamides is 1. The molecule has 102 valence electrons. The molecule has 0 radical (unpaired) electrons. The molecule has 0 aliphatic heterocycles. The predicted octanol–water partition coefficient (Wildman–Crippen LogP) is 1.48. The molecule has 0 aliphatic carbocycles. The first-order valence-electron chi connectivity index (χ1n) is 5.03. The standard InChI is InChI=1S/C10H14BrFN2O3S/c1-6(5-17-2)14-18(15,16)10-3-7(11)8(12)4-9(10)13/h3-4,6,14H,5,13H2,1-2H3. The molecule has 0 saturated heterocycles. The molecule has 1 rings (SSSR count). The smallest absolute Gasteiger partial charge is 0.242 e. The van der Waals surface area contributed by atoms with Crippen molar-refractivity contribution in [2.75, 3.05) is 19.5 Å². The molecule has 1 aromatic carbocycles. The summed E-state index contributed by atoms with van der Waals surface area (Å²) in [5.41, 5.74) is 5.37. The van der Waals surface area contributed by atoms with E-state index in [4.69, 9.17) is 10.5 Å². The van der Waals surface area contributed by atoms with Gasteiger partial charge >= 0.3 is 0 Å². The van der Waals surface area contributed by atoms with Crippen LogP contribution in [0.1, 0.15) is 6.92 Å². The number of benzene rings is 1. The fraction of sp³-hybridized carbons (Fsp3) is 0.400. The van der Waals surface area contributed by atoms with Crippen LogP contribution in [-0.2, 0) is 14.8 Å². The third kappa shape index (κ3) is 3.64. The van der Waals surface area contributed by atoms with Crippen LogP contribution in [0.3, 0.4) is 0 Å². The number of hydrogen-bond donors (Lipinski definition) is 2. The molecular weight excluding hydrogens is 327 g/mol. The quantitative estimate of drug-likeness (QED) is 0.795. The Labute approximate surface area is 114 Å². The number of methoxy groups -OCH3 is 1. The Hall–Kier alpha value is -0.700. The maximum atomic E-state index is 13.2. The number of rotatable bonds is 5. The highest BCUT2D eigenvalue weighted by molar-refractivity contribution is 9.10. The van der Waals surface area contributed by atoms with E-state index in [0.29, 0.717) is 0 Å². The first-order chi connectivity index (χ1) is 8.27. The summed E-state index contributed by atoms with van der Waals surface area (Å²) in [6, 6.07) is 1.68. The van der Waals surface area contributed by atoms with Crippen LogP contribution in [0.5, 0.6) is 0 Å². The van der Waals surface area contributed by atoms with Crippen molar-refractivity contribution in [1.29, 1.82) is 0 Å². The second-order valence-corrected chi connectivity index (χ2v) is 6.32. The van der Waals surface area contributed by atoms with Gasteiger partial charge < -0.3 is 10.5 Å². The van der Waals surface area contributed by atoms with E-state index in [-0.39, 0.29) is 21.7 Å². The molecule has 18 heavy (non-hydrogen) atoms. The minimum absolute atomic E-state index is 0.0384. The Morgan fingerprint density at radius 1 is 1.56 bits per heavy atom. The van der Waals surface area contributed by atoms with E-state index in [1.54, 1.807) is 6.92 Å². The van der Waals surface area contributed by atoms with Crippen LogP contribution in [0.4, 0.5) is 10.1 Å².